The van der Waals surface area contributed by atoms with E-state index in [1.165, 1.54) is 12.1 Å². The maximum Gasteiger partial charge on any atom is 0.125 e. The van der Waals surface area contributed by atoms with Crippen LogP contribution < -0.4 is 10.6 Å². The predicted molar refractivity (Wildman–Crippen MR) is 57.1 cm³/mol. The van der Waals surface area contributed by atoms with E-state index in [0.717, 1.165) is 17.9 Å². The van der Waals surface area contributed by atoms with Crippen molar-refractivity contribution in [3.05, 3.63) is 24.0 Å². The number of rotatable bonds is 0. The molecule has 2 rings (SSSR count). The molecule has 1 aliphatic heterocycles. The second kappa shape index (κ2) is 3.48. The van der Waals surface area contributed by atoms with Crippen LogP contribution in [0.4, 0.5) is 15.8 Å². The van der Waals surface area contributed by atoms with Gasteiger partial charge in [-0.25, -0.2) is 4.39 Å². The molecule has 0 radical (unpaired) electrons. The Morgan fingerprint density at radius 3 is 2.86 bits per heavy atom. The highest BCUT2D eigenvalue weighted by Gasteiger charge is 2.17. The molecule has 2 unspecified atom stereocenters. The third kappa shape index (κ3) is 1.67. The highest BCUT2D eigenvalue weighted by molar-refractivity contribution is 5.69. The highest BCUT2D eigenvalue weighted by atomic mass is 19.1. The first kappa shape index (κ1) is 9.31. The molecule has 14 heavy (non-hydrogen) atoms. The molecule has 1 aromatic carbocycles. The molecule has 1 heterocycles. The molecule has 0 amide bonds. The summed E-state index contributed by atoms with van der Waals surface area (Å²) in [6.07, 6.45) is 0. The first-order valence-electron chi connectivity index (χ1n) is 4.97. The molecular weight excluding hydrogens is 179 g/mol. The van der Waals surface area contributed by atoms with Crippen molar-refractivity contribution in [1.29, 1.82) is 0 Å². The fourth-order valence-corrected chi connectivity index (χ4v) is 1.62. The van der Waals surface area contributed by atoms with Gasteiger partial charge in [0.2, 0.25) is 0 Å². The average Bonchev–Trinajstić information content (AvgIpc) is 2.29. The Morgan fingerprint density at radius 2 is 2.07 bits per heavy atom. The van der Waals surface area contributed by atoms with E-state index in [-0.39, 0.29) is 5.82 Å². The zero-order valence-electron chi connectivity index (χ0n) is 8.47. The van der Waals surface area contributed by atoms with Crippen LogP contribution in [0, 0.1) is 11.7 Å². The number of hydrogen-bond acceptors (Lipinski definition) is 2. The first-order chi connectivity index (χ1) is 6.66. The van der Waals surface area contributed by atoms with Crippen molar-refractivity contribution >= 4 is 11.4 Å². The Kier molecular flexibility index (Phi) is 2.32. The smallest absolute Gasteiger partial charge is 0.125 e. The third-order valence-electron chi connectivity index (χ3n) is 2.83. The Balaban J connectivity index is 2.33. The van der Waals surface area contributed by atoms with Gasteiger partial charge in [-0.1, -0.05) is 6.92 Å². The van der Waals surface area contributed by atoms with Crippen LogP contribution in [0.15, 0.2) is 18.2 Å². The van der Waals surface area contributed by atoms with E-state index in [9.17, 15) is 4.39 Å². The van der Waals surface area contributed by atoms with Gasteiger partial charge in [-0.3, -0.25) is 0 Å². The van der Waals surface area contributed by atoms with Crippen molar-refractivity contribution < 1.29 is 4.39 Å². The summed E-state index contributed by atoms with van der Waals surface area (Å²) in [7, 11) is 0. The minimum atomic E-state index is -0.194. The molecule has 2 nitrogen and oxygen atoms in total. The predicted octanol–water partition coefficient (Wildman–Crippen LogP) is 2.69. The largest absolute Gasteiger partial charge is 0.383 e. The summed E-state index contributed by atoms with van der Waals surface area (Å²) in [6, 6.07) is 5.21. The van der Waals surface area contributed by atoms with Gasteiger partial charge in [0.05, 0.1) is 11.4 Å². The standard InChI is InChI=1S/C11H15FN2/c1-7-6-13-11-5-9(12)3-4-10(11)14-8(7)2/h3-5,7-8,13-14H,6H2,1-2H3. The van der Waals surface area contributed by atoms with E-state index in [4.69, 9.17) is 0 Å². The normalized spacial score (nSPS) is 25.6. The zero-order valence-corrected chi connectivity index (χ0v) is 8.47. The van der Waals surface area contributed by atoms with Crippen molar-refractivity contribution in [2.45, 2.75) is 19.9 Å². The maximum atomic E-state index is 13.0. The van der Waals surface area contributed by atoms with Gasteiger partial charge in [-0.2, -0.15) is 0 Å². The molecule has 1 aliphatic rings. The van der Waals surface area contributed by atoms with Gasteiger partial charge >= 0.3 is 0 Å². The summed E-state index contributed by atoms with van der Waals surface area (Å²) < 4.78 is 13.0. The number of anilines is 2. The Hall–Kier alpha value is -1.25. The van der Waals surface area contributed by atoms with Crippen molar-refractivity contribution in [1.82, 2.24) is 0 Å². The van der Waals surface area contributed by atoms with E-state index in [0.29, 0.717) is 12.0 Å². The molecule has 0 aliphatic carbocycles. The van der Waals surface area contributed by atoms with Gasteiger partial charge in [0.1, 0.15) is 5.82 Å². The summed E-state index contributed by atoms with van der Waals surface area (Å²) in [4.78, 5) is 0. The number of nitrogens with one attached hydrogen (secondary N) is 2. The molecule has 0 bridgehead atoms. The summed E-state index contributed by atoms with van der Waals surface area (Å²) in [6.45, 7) is 5.20. The van der Waals surface area contributed by atoms with Crippen molar-refractivity contribution in [3.8, 4) is 0 Å². The minimum Gasteiger partial charge on any atom is -0.383 e. The summed E-state index contributed by atoms with van der Waals surface area (Å²) in [5.41, 5.74) is 1.85. The monoisotopic (exact) mass is 194 g/mol. The Bertz CT molecular complexity index is 338. The first-order valence-corrected chi connectivity index (χ1v) is 4.97. The van der Waals surface area contributed by atoms with Crippen LogP contribution in [0.3, 0.4) is 0 Å². The van der Waals surface area contributed by atoms with Crippen LogP contribution in [-0.4, -0.2) is 12.6 Å². The van der Waals surface area contributed by atoms with Gasteiger partial charge in [-0.15, -0.1) is 0 Å². The van der Waals surface area contributed by atoms with Crippen LogP contribution in [0.25, 0.3) is 0 Å². The van der Waals surface area contributed by atoms with Crippen LogP contribution in [0.1, 0.15) is 13.8 Å². The quantitative estimate of drug-likeness (QED) is 0.663. The lowest BCUT2D eigenvalue weighted by molar-refractivity contribution is 0.542. The minimum absolute atomic E-state index is 0.194. The number of fused-ring (bicyclic) bond motifs is 1. The molecule has 76 valence electrons. The van der Waals surface area contributed by atoms with Crippen molar-refractivity contribution in [3.63, 3.8) is 0 Å². The topological polar surface area (TPSA) is 24.1 Å². The number of halogens is 1. The Morgan fingerprint density at radius 1 is 1.29 bits per heavy atom. The molecule has 0 spiro atoms. The molecular formula is C11H15FN2. The average molecular weight is 194 g/mol. The van der Waals surface area contributed by atoms with Crippen LogP contribution in [0.5, 0.6) is 0 Å². The maximum absolute atomic E-state index is 13.0. The molecule has 0 aromatic heterocycles. The van der Waals surface area contributed by atoms with Gasteiger partial charge < -0.3 is 10.6 Å². The lowest BCUT2D eigenvalue weighted by atomic mass is 10.0. The van der Waals surface area contributed by atoms with Crippen LogP contribution in [0.2, 0.25) is 0 Å². The third-order valence-corrected chi connectivity index (χ3v) is 2.83. The van der Waals surface area contributed by atoms with Crippen molar-refractivity contribution in [2.75, 3.05) is 17.2 Å². The highest BCUT2D eigenvalue weighted by Crippen LogP contribution is 2.27. The molecule has 0 saturated carbocycles. The molecule has 0 fully saturated rings. The SMILES string of the molecule is CC1CNc2cc(F)ccc2NC1C. The van der Waals surface area contributed by atoms with Crippen LogP contribution >= 0.6 is 0 Å². The molecule has 3 heteroatoms. The van der Waals surface area contributed by atoms with Gasteiger partial charge in [-0.05, 0) is 31.0 Å². The second-order valence-electron chi connectivity index (χ2n) is 3.98. The lowest BCUT2D eigenvalue weighted by Gasteiger charge is -2.17. The van der Waals surface area contributed by atoms with E-state index in [2.05, 4.69) is 24.5 Å². The number of benzene rings is 1. The van der Waals surface area contributed by atoms with Gasteiger partial charge in [0, 0.05) is 12.6 Å². The molecule has 1 aromatic rings. The van der Waals surface area contributed by atoms with E-state index in [1.54, 1.807) is 6.07 Å². The van der Waals surface area contributed by atoms with Crippen molar-refractivity contribution in [2.24, 2.45) is 5.92 Å². The van der Waals surface area contributed by atoms with E-state index >= 15 is 0 Å². The lowest BCUT2D eigenvalue weighted by Crippen LogP contribution is -2.25. The van der Waals surface area contributed by atoms with E-state index in [1.807, 2.05) is 0 Å². The molecule has 2 atom stereocenters. The van der Waals surface area contributed by atoms with E-state index < -0.39 is 0 Å². The zero-order chi connectivity index (χ0) is 10.1. The molecule has 0 saturated heterocycles. The summed E-state index contributed by atoms with van der Waals surface area (Å²) in [5, 5.41) is 6.61. The number of hydrogen-bond donors (Lipinski definition) is 2. The summed E-state index contributed by atoms with van der Waals surface area (Å²) in [5.74, 6) is 0.339. The fourth-order valence-electron chi connectivity index (χ4n) is 1.62. The second-order valence-corrected chi connectivity index (χ2v) is 3.98. The van der Waals surface area contributed by atoms with Crippen LogP contribution in [-0.2, 0) is 0 Å². The fraction of sp³-hybridized carbons (Fsp3) is 0.455. The molecule has 2 N–H and O–H groups in total. The van der Waals surface area contributed by atoms with Gasteiger partial charge in [0.15, 0.2) is 0 Å². The summed E-state index contributed by atoms with van der Waals surface area (Å²) >= 11 is 0. The van der Waals surface area contributed by atoms with Gasteiger partial charge in [0.25, 0.3) is 0 Å². The Labute approximate surface area is 83.5 Å².